The summed E-state index contributed by atoms with van der Waals surface area (Å²) in [6, 6.07) is 9.28. The highest BCUT2D eigenvalue weighted by molar-refractivity contribution is 5.94. The van der Waals surface area contributed by atoms with Crippen LogP contribution in [-0.2, 0) is 6.42 Å². The first-order chi connectivity index (χ1) is 12.5. The number of nitrogens with one attached hydrogen (secondary N) is 1. The largest absolute Gasteiger partial charge is 0.399 e. The number of benzene rings is 1. The average molecular weight is 348 g/mol. The zero-order chi connectivity index (χ0) is 18.3. The van der Waals surface area contributed by atoms with Crippen LogP contribution in [0, 0.1) is 6.92 Å². The molecule has 0 radical (unpaired) electrons. The molecule has 4 rings (SSSR count). The van der Waals surface area contributed by atoms with E-state index >= 15 is 0 Å². The van der Waals surface area contributed by atoms with Crippen LogP contribution in [0.25, 0.3) is 5.65 Å². The van der Waals surface area contributed by atoms with E-state index in [0.717, 1.165) is 41.6 Å². The first-order valence-electron chi connectivity index (χ1n) is 8.70. The van der Waals surface area contributed by atoms with E-state index in [4.69, 9.17) is 5.73 Å². The molecule has 0 fully saturated rings. The number of hydrogen-bond donors (Lipinski definition) is 2. The zero-order valence-corrected chi connectivity index (χ0v) is 14.5. The molecule has 6 nitrogen and oxygen atoms in total. The molecule has 3 aromatic rings. The lowest BCUT2D eigenvalue weighted by Gasteiger charge is -2.26. The minimum absolute atomic E-state index is 0.0499. The molecule has 2 heterocycles. The summed E-state index contributed by atoms with van der Waals surface area (Å²) in [5.41, 5.74) is 10.0. The number of carbonyl (C=O) groups is 1. The maximum atomic E-state index is 12.7. The second kappa shape index (κ2) is 6.29. The van der Waals surface area contributed by atoms with Crippen molar-refractivity contribution in [1.29, 1.82) is 0 Å². The van der Waals surface area contributed by atoms with E-state index < -0.39 is 5.91 Å². The van der Waals surface area contributed by atoms with Gasteiger partial charge in [-0.25, -0.2) is 4.98 Å². The molecule has 1 aliphatic rings. The maximum absolute atomic E-state index is 12.7. The van der Waals surface area contributed by atoms with Crippen molar-refractivity contribution in [3.8, 4) is 0 Å². The van der Waals surface area contributed by atoms with Crippen molar-refractivity contribution in [3.63, 3.8) is 0 Å². The van der Waals surface area contributed by atoms with Crippen LogP contribution >= 0.6 is 0 Å². The Morgan fingerprint density at radius 3 is 3.00 bits per heavy atom. The Kier molecular flexibility index (Phi) is 3.95. The Labute approximate surface area is 150 Å². The quantitative estimate of drug-likeness (QED) is 0.696. The number of nitrogen functional groups attached to an aromatic ring is 1. The number of pyridine rings is 1. The van der Waals surface area contributed by atoms with E-state index in [1.807, 2.05) is 37.3 Å². The van der Waals surface area contributed by atoms with E-state index in [0.29, 0.717) is 5.65 Å². The highest BCUT2D eigenvalue weighted by Crippen LogP contribution is 2.31. The molecule has 1 atom stereocenters. The van der Waals surface area contributed by atoms with Gasteiger partial charge in [-0.2, -0.15) is 0 Å². The summed E-state index contributed by atoms with van der Waals surface area (Å²) in [4.78, 5) is 29.6. The average Bonchev–Trinajstić information content (AvgIpc) is 2.61. The molecule has 132 valence electrons. The first kappa shape index (κ1) is 16.3. The third-order valence-corrected chi connectivity index (χ3v) is 4.90. The molecule has 0 bridgehead atoms. The van der Waals surface area contributed by atoms with Crippen LogP contribution in [-0.4, -0.2) is 15.3 Å². The van der Waals surface area contributed by atoms with E-state index in [9.17, 15) is 9.59 Å². The van der Waals surface area contributed by atoms with Crippen molar-refractivity contribution in [3.05, 3.63) is 75.3 Å². The summed E-state index contributed by atoms with van der Waals surface area (Å²) in [7, 11) is 0. The number of aromatic nitrogens is 2. The van der Waals surface area contributed by atoms with E-state index in [-0.39, 0.29) is 17.2 Å². The molecule has 1 unspecified atom stereocenters. The molecule has 1 aromatic carbocycles. The number of fused-ring (bicyclic) bond motifs is 2. The van der Waals surface area contributed by atoms with Crippen LogP contribution in [0.3, 0.4) is 0 Å². The van der Waals surface area contributed by atoms with Crippen LogP contribution in [0.1, 0.15) is 45.9 Å². The number of hydrogen-bond acceptors (Lipinski definition) is 4. The van der Waals surface area contributed by atoms with Gasteiger partial charge in [-0.1, -0.05) is 6.07 Å². The number of carbonyl (C=O) groups excluding carboxylic acids is 1. The van der Waals surface area contributed by atoms with Crippen LogP contribution in [0.2, 0.25) is 0 Å². The van der Waals surface area contributed by atoms with Gasteiger partial charge in [-0.3, -0.25) is 14.0 Å². The standard InChI is InChI=1S/C20H20N4O2/c1-12-7-8-24-18(9-12)22-11-16(20(24)26)19(25)23-17-4-2-3-13-10-14(21)5-6-15(13)17/h5-11,17H,2-4,21H2,1H3,(H,23,25). The van der Waals surface area contributed by atoms with Gasteiger partial charge in [0.2, 0.25) is 0 Å². The Hall–Kier alpha value is -3.15. The van der Waals surface area contributed by atoms with Gasteiger partial charge in [0.1, 0.15) is 11.2 Å². The number of nitrogens with zero attached hydrogens (tertiary/aromatic N) is 2. The van der Waals surface area contributed by atoms with Gasteiger partial charge in [-0.05, 0) is 67.1 Å². The summed E-state index contributed by atoms with van der Waals surface area (Å²) in [5, 5.41) is 2.99. The monoisotopic (exact) mass is 348 g/mol. The molecule has 26 heavy (non-hydrogen) atoms. The molecule has 0 spiro atoms. The fourth-order valence-electron chi connectivity index (χ4n) is 3.55. The molecule has 6 heteroatoms. The molecule has 1 amide bonds. The Morgan fingerprint density at radius 1 is 1.31 bits per heavy atom. The van der Waals surface area contributed by atoms with Crippen molar-refractivity contribution >= 4 is 17.2 Å². The van der Waals surface area contributed by atoms with Crippen LogP contribution < -0.4 is 16.6 Å². The van der Waals surface area contributed by atoms with E-state index in [2.05, 4.69) is 10.3 Å². The number of anilines is 1. The van der Waals surface area contributed by atoms with Crippen LogP contribution in [0.15, 0.2) is 47.5 Å². The van der Waals surface area contributed by atoms with Gasteiger partial charge in [0.05, 0.1) is 6.04 Å². The van der Waals surface area contributed by atoms with Crippen molar-refractivity contribution in [2.24, 2.45) is 0 Å². The second-order valence-corrected chi connectivity index (χ2v) is 6.79. The molecule has 2 aromatic heterocycles. The third kappa shape index (κ3) is 2.83. The van der Waals surface area contributed by atoms with Crippen LogP contribution in [0.4, 0.5) is 5.69 Å². The predicted molar refractivity (Wildman–Crippen MR) is 100 cm³/mol. The fraction of sp³-hybridized carbons (Fsp3) is 0.250. The predicted octanol–water partition coefficient (Wildman–Crippen LogP) is 2.39. The lowest BCUT2D eigenvalue weighted by molar-refractivity contribution is 0.0930. The highest BCUT2D eigenvalue weighted by Gasteiger charge is 2.24. The van der Waals surface area contributed by atoms with Gasteiger partial charge in [0.15, 0.2) is 0 Å². The van der Waals surface area contributed by atoms with Gasteiger partial charge in [0, 0.05) is 18.1 Å². The van der Waals surface area contributed by atoms with Crippen LogP contribution in [0.5, 0.6) is 0 Å². The van der Waals surface area contributed by atoms with Gasteiger partial charge < -0.3 is 11.1 Å². The SMILES string of the molecule is Cc1ccn2c(=O)c(C(=O)NC3CCCc4cc(N)ccc43)cnc2c1. The Morgan fingerprint density at radius 2 is 2.15 bits per heavy atom. The highest BCUT2D eigenvalue weighted by atomic mass is 16.2. The molecule has 0 aliphatic heterocycles. The minimum Gasteiger partial charge on any atom is -0.399 e. The van der Waals surface area contributed by atoms with Gasteiger partial charge >= 0.3 is 0 Å². The lowest BCUT2D eigenvalue weighted by atomic mass is 9.87. The summed E-state index contributed by atoms with van der Waals surface area (Å²) in [6.45, 7) is 1.93. The van der Waals surface area contributed by atoms with Crippen molar-refractivity contribution in [2.75, 3.05) is 5.73 Å². The Balaban J connectivity index is 1.66. The molecular formula is C20H20N4O2. The summed E-state index contributed by atoms with van der Waals surface area (Å²) >= 11 is 0. The molecule has 3 N–H and O–H groups in total. The Bertz CT molecular complexity index is 1070. The summed E-state index contributed by atoms with van der Waals surface area (Å²) in [5.74, 6) is -0.396. The fourth-order valence-corrected chi connectivity index (χ4v) is 3.55. The second-order valence-electron chi connectivity index (χ2n) is 6.79. The normalized spacial score (nSPS) is 16.3. The van der Waals surface area contributed by atoms with E-state index in [1.165, 1.54) is 10.6 Å². The van der Waals surface area contributed by atoms with Gasteiger partial charge in [0.25, 0.3) is 11.5 Å². The van der Waals surface area contributed by atoms with Crippen molar-refractivity contribution in [2.45, 2.75) is 32.2 Å². The summed E-state index contributed by atoms with van der Waals surface area (Å²) < 4.78 is 1.40. The van der Waals surface area contributed by atoms with Crippen molar-refractivity contribution in [1.82, 2.24) is 14.7 Å². The minimum atomic E-state index is -0.396. The maximum Gasteiger partial charge on any atom is 0.270 e. The number of rotatable bonds is 2. The molecule has 0 saturated heterocycles. The lowest BCUT2D eigenvalue weighted by Crippen LogP contribution is -2.35. The number of amides is 1. The van der Waals surface area contributed by atoms with Gasteiger partial charge in [-0.15, -0.1) is 0 Å². The van der Waals surface area contributed by atoms with Crippen molar-refractivity contribution < 1.29 is 4.79 Å². The summed E-state index contributed by atoms with van der Waals surface area (Å²) in [6.07, 6.45) is 5.76. The number of aryl methyl sites for hydroxylation is 2. The van der Waals surface area contributed by atoms with E-state index in [1.54, 1.807) is 6.20 Å². The smallest absolute Gasteiger partial charge is 0.270 e. The first-order valence-corrected chi connectivity index (χ1v) is 8.70. The number of nitrogens with two attached hydrogens (primary N) is 1. The molecular weight excluding hydrogens is 328 g/mol. The third-order valence-electron chi connectivity index (χ3n) is 4.90. The molecule has 0 saturated carbocycles. The topological polar surface area (TPSA) is 89.5 Å². The molecule has 1 aliphatic carbocycles. The zero-order valence-electron chi connectivity index (χ0n) is 14.5.